The van der Waals surface area contributed by atoms with Crippen LogP contribution in [0.3, 0.4) is 0 Å². The molecule has 0 unspecified atom stereocenters. The zero-order valence-electron chi connectivity index (χ0n) is 9.05. The highest BCUT2D eigenvalue weighted by atomic mass is 35.5. The lowest BCUT2D eigenvalue weighted by atomic mass is 10.2. The summed E-state index contributed by atoms with van der Waals surface area (Å²) in [4.78, 5) is 35.9. The Balaban J connectivity index is 2.92. The second-order valence-corrected chi connectivity index (χ2v) is 3.95. The van der Waals surface area contributed by atoms with Crippen LogP contribution in [0.1, 0.15) is 10.4 Å². The Labute approximate surface area is 116 Å². The number of carbonyl (C=O) groups is 2. The first-order chi connectivity index (χ1) is 8.82. The van der Waals surface area contributed by atoms with E-state index in [1.807, 2.05) is 0 Å². The first-order valence-electron chi connectivity index (χ1n) is 4.60. The van der Waals surface area contributed by atoms with E-state index in [0.717, 1.165) is 12.1 Å². The first kappa shape index (κ1) is 15.2. The van der Waals surface area contributed by atoms with Crippen LogP contribution in [-0.2, 0) is 9.63 Å². The van der Waals surface area contributed by atoms with Crippen molar-refractivity contribution in [1.82, 2.24) is 5.48 Å². The van der Waals surface area contributed by atoms with Gasteiger partial charge in [0.15, 0.2) is 6.61 Å². The Bertz CT molecular complexity index is 548. The summed E-state index contributed by atoms with van der Waals surface area (Å²) < 4.78 is 0. The van der Waals surface area contributed by atoms with E-state index >= 15 is 0 Å². The predicted molar refractivity (Wildman–Crippen MR) is 64.2 cm³/mol. The molecule has 0 atom stereocenters. The summed E-state index contributed by atoms with van der Waals surface area (Å²) in [5.74, 6) is -2.18. The lowest BCUT2D eigenvalue weighted by molar-refractivity contribution is -0.384. The Kier molecular flexibility index (Phi) is 5.04. The summed E-state index contributed by atoms with van der Waals surface area (Å²) in [5.41, 5.74) is 1.07. The normalized spacial score (nSPS) is 10.0. The molecule has 1 aromatic carbocycles. The molecule has 0 aliphatic rings. The van der Waals surface area contributed by atoms with Gasteiger partial charge in [-0.3, -0.25) is 19.7 Å². The van der Waals surface area contributed by atoms with Gasteiger partial charge in [0.25, 0.3) is 11.6 Å². The average molecular weight is 309 g/mol. The molecule has 0 spiro atoms. The molecule has 0 aliphatic carbocycles. The number of hydroxylamine groups is 1. The van der Waals surface area contributed by atoms with E-state index in [1.165, 1.54) is 0 Å². The van der Waals surface area contributed by atoms with Crippen LogP contribution >= 0.6 is 23.2 Å². The maximum absolute atomic E-state index is 11.5. The molecule has 102 valence electrons. The molecule has 8 nitrogen and oxygen atoms in total. The van der Waals surface area contributed by atoms with Gasteiger partial charge in [0.05, 0.1) is 9.95 Å². The van der Waals surface area contributed by atoms with Crippen LogP contribution in [0, 0.1) is 10.1 Å². The van der Waals surface area contributed by atoms with E-state index < -0.39 is 29.1 Å². The SMILES string of the molecule is O=C(O)CONC(=O)c1cc(Cl)c(Cl)c([N+](=O)[O-])c1. The molecule has 0 aliphatic heterocycles. The lowest BCUT2D eigenvalue weighted by Crippen LogP contribution is -2.26. The van der Waals surface area contributed by atoms with E-state index in [4.69, 9.17) is 28.3 Å². The summed E-state index contributed by atoms with van der Waals surface area (Å²) in [5, 5.41) is 18.5. The van der Waals surface area contributed by atoms with E-state index in [-0.39, 0.29) is 15.6 Å². The van der Waals surface area contributed by atoms with E-state index in [2.05, 4.69) is 4.84 Å². The molecule has 0 saturated heterocycles. The van der Waals surface area contributed by atoms with E-state index in [0.29, 0.717) is 0 Å². The number of nitrogens with zero attached hydrogens (tertiary/aromatic N) is 1. The number of amides is 1. The molecule has 19 heavy (non-hydrogen) atoms. The number of nitro groups is 1. The predicted octanol–water partition coefficient (Wildman–Crippen LogP) is 1.65. The Hall–Kier alpha value is -1.90. The minimum absolute atomic E-state index is 0.181. The third-order valence-electron chi connectivity index (χ3n) is 1.83. The number of nitrogens with one attached hydrogen (secondary N) is 1. The molecule has 0 saturated carbocycles. The molecule has 0 fully saturated rings. The van der Waals surface area contributed by atoms with Crippen LogP contribution < -0.4 is 5.48 Å². The summed E-state index contributed by atoms with van der Waals surface area (Å²) >= 11 is 11.2. The van der Waals surface area contributed by atoms with Gasteiger partial charge in [-0.1, -0.05) is 23.2 Å². The van der Waals surface area contributed by atoms with Crippen molar-refractivity contribution in [3.8, 4) is 0 Å². The van der Waals surface area contributed by atoms with Crippen molar-refractivity contribution in [2.45, 2.75) is 0 Å². The van der Waals surface area contributed by atoms with Gasteiger partial charge in [0, 0.05) is 11.6 Å². The number of carbonyl (C=O) groups excluding carboxylic acids is 1. The third-order valence-corrected chi connectivity index (χ3v) is 2.62. The maximum atomic E-state index is 11.5. The summed E-state index contributed by atoms with van der Waals surface area (Å²) in [6, 6.07) is 1.99. The first-order valence-corrected chi connectivity index (χ1v) is 5.36. The largest absolute Gasteiger partial charge is 0.479 e. The second kappa shape index (κ2) is 6.32. The lowest BCUT2D eigenvalue weighted by Gasteiger charge is -2.05. The van der Waals surface area contributed by atoms with Gasteiger partial charge in [0.2, 0.25) is 0 Å². The standard InChI is InChI=1S/C9H6Cl2N2O6/c10-5-1-4(2-6(8(5)11)13(17)18)9(16)12-19-3-7(14)15/h1-2H,3H2,(H,12,16)(H,14,15). The van der Waals surface area contributed by atoms with E-state index in [1.54, 1.807) is 5.48 Å². The van der Waals surface area contributed by atoms with Crippen molar-refractivity contribution in [2.75, 3.05) is 6.61 Å². The molecule has 1 rings (SSSR count). The van der Waals surface area contributed by atoms with Crippen molar-refractivity contribution in [3.05, 3.63) is 37.9 Å². The molecule has 0 radical (unpaired) electrons. The number of carboxylic acid groups (broad SMARTS) is 1. The second-order valence-electron chi connectivity index (χ2n) is 3.16. The number of rotatable bonds is 5. The van der Waals surface area contributed by atoms with Crippen LogP contribution in [0.25, 0.3) is 0 Å². The molecule has 0 aromatic heterocycles. The third kappa shape index (κ3) is 4.05. The molecule has 2 N–H and O–H groups in total. The number of nitro benzene ring substituents is 1. The van der Waals surface area contributed by atoms with Gasteiger partial charge in [0.1, 0.15) is 5.02 Å². The monoisotopic (exact) mass is 308 g/mol. The highest BCUT2D eigenvalue weighted by molar-refractivity contribution is 6.43. The summed E-state index contributed by atoms with van der Waals surface area (Å²) in [6.45, 7) is -0.755. The molecule has 1 aromatic rings. The summed E-state index contributed by atoms with van der Waals surface area (Å²) in [6.07, 6.45) is 0. The number of benzene rings is 1. The highest BCUT2D eigenvalue weighted by Crippen LogP contribution is 2.32. The Morgan fingerprint density at radius 3 is 2.58 bits per heavy atom. The van der Waals surface area contributed by atoms with Crippen LogP contribution in [-0.4, -0.2) is 28.5 Å². The smallest absolute Gasteiger partial charge is 0.332 e. The Morgan fingerprint density at radius 2 is 2.05 bits per heavy atom. The van der Waals surface area contributed by atoms with Crippen molar-refractivity contribution < 1.29 is 24.5 Å². The van der Waals surface area contributed by atoms with Crippen LogP contribution in [0.2, 0.25) is 10.0 Å². The molecule has 0 heterocycles. The molecule has 1 amide bonds. The van der Waals surface area contributed by atoms with Crippen molar-refractivity contribution in [3.63, 3.8) is 0 Å². The van der Waals surface area contributed by atoms with Crippen molar-refractivity contribution in [1.29, 1.82) is 0 Å². The number of hydrogen-bond donors (Lipinski definition) is 2. The summed E-state index contributed by atoms with van der Waals surface area (Å²) in [7, 11) is 0. The van der Waals surface area contributed by atoms with Crippen LogP contribution in [0.4, 0.5) is 5.69 Å². The van der Waals surface area contributed by atoms with Gasteiger partial charge in [-0.25, -0.2) is 10.3 Å². The van der Waals surface area contributed by atoms with Gasteiger partial charge >= 0.3 is 5.97 Å². The Morgan fingerprint density at radius 1 is 1.42 bits per heavy atom. The topological polar surface area (TPSA) is 119 Å². The molecular formula is C9H6Cl2N2O6. The van der Waals surface area contributed by atoms with Crippen LogP contribution in [0.5, 0.6) is 0 Å². The fourth-order valence-corrected chi connectivity index (χ4v) is 1.45. The van der Waals surface area contributed by atoms with Crippen LogP contribution in [0.15, 0.2) is 12.1 Å². The zero-order valence-corrected chi connectivity index (χ0v) is 10.6. The molecular weight excluding hydrogens is 303 g/mol. The molecule has 0 bridgehead atoms. The number of halogens is 2. The van der Waals surface area contributed by atoms with Gasteiger partial charge in [-0.2, -0.15) is 0 Å². The fourth-order valence-electron chi connectivity index (χ4n) is 1.06. The minimum Gasteiger partial charge on any atom is -0.479 e. The minimum atomic E-state index is -1.29. The van der Waals surface area contributed by atoms with Gasteiger partial charge in [-0.15, -0.1) is 0 Å². The average Bonchev–Trinajstić information content (AvgIpc) is 2.31. The van der Waals surface area contributed by atoms with Gasteiger partial charge < -0.3 is 5.11 Å². The number of carboxylic acids is 1. The van der Waals surface area contributed by atoms with Gasteiger partial charge in [-0.05, 0) is 6.07 Å². The zero-order chi connectivity index (χ0) is 14.6. The molecule has 10 heteroatoms. The fraction of sp³-hybridized carbons (Fsp3) is 0.111. The van der Waals surface area contributed by atoms with Crippen molar-refractivity contribution in [2.24, 2.45) is 0 Å². The van der Waals surface area contributed by atoms with Crippen molar-refractivity contribution >= 4 is 40.8 Å². The van der Waals surface area contributed by atoms with E-state index in [9.17, 15) is 19.7 Å². The number of hydrogen-bond acceptors (Lipinski definition) is 5. The quantitative estimate of drug-likeness (QED) is 0.630. The maximum Gasteiger partial charge on any atom is 0.332 e. The highest BCUT2D eigenvalue weighted by Gasteiger charge is 2.20. The number of aliphatic carboxylic acids is 1.